The van der Waals surface area contributed by atoms with Gasteiger partial charge in [-0.15, -0.1) is 0 Å². The molecular weight excluding hydrogens is 298 g/mol. The molecule has 0 unspecified atom stereocenters. The summed E-state index contributed by atoms with van der Waals surface area (Å²) in [6, 6.07) is 16.4. The molecule has 22 heavy (non-hydrogen) atoms. The molecule has 0 amide bonds. The summed E-state index contributed by atoms with van der Waals surface area (Å²) in [6.45, 7) is 0.723. The lowest BCUT2D eigenvalue weighted by Crippen LogP contribution is -2.34. The van der Waals surface area contributed by atoms with E-state index < -0.39 is 10.1 Å². The minimum atomic E-state index is -3.86. The van der Waals surface area contributed by atoms with Crippen molar-refractivity contribution in [2.24, 2.45) is 0 Å². The SMILES string of the molecule is O=S(=O)(O)CCCC[n+]1cc2ccccc2c2ccccc21. The van der Waals surface area contributed by atoms with E-state index in [-0.39, 0.29) is 5.75 Å². The van der Waals surface area contributed by atoms with Gasteiger partial charge in [0.05, 0.1) is 11.1 Å². The van der Waals surface area contributed by atoms with E-state index in [0.29, 0.717) is 12.8 Å². The third-order valence-electron chi connectivity index (χ3n) is 3.81. The molecule has 0 aliphatic rings. The Bertz CT molecular complexity index is 919. The van der Waals surface area contributed by atoms with Crippen molar-refractivity contribution in [3.63, 3.8) is 0 Å². The largest absolute Gasteiger partial charge is 0.286 e. The molecule has 1 aromatic heterocycles. The zero-order valence-electron chi connectivity index (χ0n) is 12.1. The van der Waals surface area contributed by atoms with Gasteiger partial charge in [-0.2, -0.15) is 13.0 Å². The van der Waals surface area contributed by atoms with Crippen LogP contribution in [0.3, 0.4) is 0 Å². The molecule has 0 aliphatic heterocycles. The molecule has 1 heterocycles. The number of hydrogen-bond donors (Lipinski definition) is 1. The first-order valence-corrected chi connectivity index (χ1v) is 8.91. The molecule has 3 aromatic rings. The lowest BCUT2D eigenvalue weighted by atomic mass is 10.1. The van der Waals surface area contributed by atoms with Crippen LogP contribution in [0.4, 0.5) is 0 Å². The fourth-order valence-corrected chi connectivity index (χ4v) is 3.36. The average molecular weight is 316 g/mol. The van der Waals surface area contributed by atoms with Crippen LogP contribution in [0.25, 0.3) is 21.7 Å². The molecule has 114 valence electrons. The smallest absolute Gasteiger partial charge is 0.264 e. The van der Waals surface area contributed by atoms with Crippen LogP contribution in [0.1, 0.15) is 12.8 Å². The van der Waals surface area contributed by atoms with Gasteiger partial charge in [-0.25, -0.2) is 0 Å². The van der Waals surface area contributed by atoms with E-state index in [1.165, 1.54) is 10.8 Å². The summed E-state index contributed by atoms with van der Waals surface area (Å²) in [5.74, 6) is -0.181. The van der Waals surface area contributed by atoms with E-state index in [1.54, 1.807) is 0 Å². The number of hydrogen-bond acceptors (Lipinski definition) is 2. The number of benzene rings is 2. The molecule has 0 aliphatic carbocycles. The van der Waals surface area contributed by atoms with Gasteiger partial charge in [0.25, 0.3) is 10.1 Å². The van der Waals surface area contributed by atoms with Crippen LogP contribution in [0, 0.1) is 0 Å². The zero-order chi connectivity index (χ0) is 15.6. The van der Waals surface area contributed by atoms with Crippen molar-refractivity contribution in [1.29, 1.82) is 0 Å². The number of unbranched alkanes of at least 4 members (excludes halogenated alkanes) is 1. The number of fused-ring (bicyclic) bond motifs is 3. The molecular formula is C17H18NO3S+. The van der Waals surface area contributed by atoms with Gasteiger partial charge in [0, 0.05) is 23.3 Å². The first kappa shape index (κ1) is 14.9. The van der Waals surface area contributed by atoms with Crippen LogP contribution in [-0.4, -0.2) is 18.7 Å². The van der Waals surface area contributed by atoms with Crippen molar-refractivity contribution in [2.75, 3.05) is 5.75 Å². The zero-order valence-corrected chi connectivity index (χ0v) is 13.0. The van der Waals surface area contributed by atoms with Gasteiger partial charge in [0.1, 0.15) is 6.54 Å². The molecule has 2 aromatic carbocycles. The summed E-state index contributed by atoms with van der Waals surface area (Å²) >= 11 is 0. The van der Waals surface area contributed by atoms with Crippen LogP contribution < -0.4 is 4.57 Å². The number of para-hydroxylation sites is 1. The van der Waals surface area contributed by atoms with Crippen molar-refractivity contribution in [1.82, 2.24) is 0 Å². The Kier molecular flexibility index (Phi) is 4.09. The van der Waals surface area contributed by atoms with Gasteiger partial charge in [-0.1, -0.05) is 30.3 Å². The van der Waals surface area contributed by atoms with Gasteiger partial charge in [-0.05, 0) is 18.6 Å². The Morgan fingerprint density at radius 2 is 1.59 bits per heavy atom. The third kappa shape index (κ3) is 3.26. The van der Waals surface area contributed by atoms with Crippen molar-refractivity contribution in [3.8, 4) is 0 Å². The predicted octanol–water partition coefficient (Wildman–Crippen LogP) is 2.95. The van der Waals surface area contributed by atoms with Gasteiger partial charge >= 0.3 is 0 Å². The quantitative estimate of drug-likeness (QED) is 0.341. The normalized spacial score (nSPS) is 12.0. The fraction of sp³-hybridized carbons (Fsp3) is 0.235. The van der Waals surface area contributed by atoms with E-state index in [2.05, 4.69) is 35.0 Å². The van der Waals surface area contributed by atoms with E-state index in [1.807, 2.05) is 24.3 Å². The van der Waals surface area contributed by atoms with E-state index in [9.17, 15) is 8.42 Å². The standard InChI is InChI=1S/C17H17NO3S/c19-22(20,21)12-6-5-11-18-13-14-7-1-2-8-15(14)16-9-3-4-10-17(16)18/h1-4,7-10,13H,5-6,11-12H2/p+1. The van der Waals surface area contributed by atoms with Gasteiger partial charge in [-0.3, -0.25) is 4.55 Å². The second kappa shape index (κ2) is 6.02. The first-order valence-electron chi connectivity index (χ1n) is 7.30. The lowest BCUT2D eigenvalue weighted by molar-refractivity contribution is -0.670. The fourth-order valence-electron chi connectivity index (χ4n) is 2.80. The summed E-state index contributed by atoms with van der Waals surface area (Å²) in [6.07, 6.45) is 3.25. The molecule has 5 heteroatoms. The molecule has 0 spiro atoms. The highest BCUT2D eigenvalue weighted by molar-refractivity contribution is 7.85. The molecule has 0 fully saturated rings. The second-order valence-electron chi connectivity index (χ2n) is 5.42. The Balaban J connectivity index is 1.94. The molecule has 1 N–H and O–H groups in total. The monoisotopic (exact) mass is 316 g/mol. The van der Waals surface area contributed by atoms with Crippen LogP contribution >= 0.6 is 0 Å². The molecule has 0 bridgehead atoms. The topological polar surface area (TPSA) is 58.3 Å². The van der Waals surface area contributed by atoms with Gasteiger partial charge < -0.3 is 0 Å². The average Bonchev–Trinajstić information content (AvgIpc) is 2.50. The Labute approximate surface area is 129 Å². The maximum atomic E-state index is 10.8. The number of pyridine rings is 1. The lowest BCUT2D eigenvalue weighted by Gasteiger charge is -2.05. The van der Waals surface area contributed by atoms with E-state index in [4.69, 9.17) is 4.55 Å². The molecule has 0 radical (unpaired) electrons. The van der Waals surface area contributed by atoms with Crippen LogP contribution in [0.2, 0.25) is 0 Å². The highest BCUT2D eigenvalue weighted by atomic mass is 32.2. The van der Waals surface area contributed by atoms with E-state index in [0.717, 1.165) is 17.4 Å². The molecule has 3 rings (SSSR count). The molecule has 0 saturated heterocycles. The number of aryl methyl sites for hydroxylation is 1. The van der Waals surface area contributed by atoms with Crippen LogP contribution in [0.5, 0.6) is 0 Å². The second-order valence-corrected chi connectivity index (χ2v) is 6.99. The highest BCUT2D eigenvalue weighted by Crippen LogP contribution is 2.22. The maximum Gasteiger partial charge on any atom is 0.264 e. The van der Waals surface area contributed by atoms with Crippen LogP contribution in [0.15, 0.2) is 54.7 Å². The first-order chi connectivity index (χ1) is 10.5. The minimum absolute atomic E-state index is 0.181. The molecule has 0 atom stereocenters. The molecule has 0 saturated carbocycles. The number of rotatable bonds is 5. The summed E-state index contributed by atoms with van der Waals surface area (Å²) in [5, 5.41) is 3.57. The Hall–Kier alpha value is -1.98. The van der Waals surface area contributed by atoms with Crippen molar-refractivity contribution in [2.45, 2.75) is 19.4 Å². The van der Waals surface area contributed by atoms with Crippen molar-refractivity contribution in [3.05, 3.63) is 54.7 Å². The summed E-state index contributed by atoms with van der Waals surface area (Å²) in [4.78, 5) is 0. The van der Waals surface area contributed by atoms with Crippen molar-refractivity contribution < 1.29 is 17.5 Å². The minimum Gasteiger partial charge on any atom is -0.286 e. The Morgan fingerprint density at radius 1 is 0.909 bits per heavy atom. The van der Waals surface area contributed by atoms with E-state index >= 15 is 0 Å². The predicted molar refractivity (Wildman–Crippen MR) is 87.3 cm³/mol. The Morgan fingerprint density at radius 3 is 2.36 bits per heavy atom. The molecule has 4 nitrogen and oxygen atoms in total. The maximum absolute atomic E-state index is 10.8. The van der Waals surface area contributed by atoms with Crippen LogP contribution in [-0.2, 0) is 16.7 Å². The highest BCUT2D eigenvalue weighted by Gasteiger charge is 2.13. The van der Waals surface area contributed by atoms with Gasteiger partial charge in [0.2, 0.25) is 5.52 Å². The number of nitrogens with zero attached hydrogens (tertiary/aromatic N) is 1. The summed E-state index contributed by atoms with van der Waals surface area (Å²) in [5.41, 5.74) is 1.13. The third-order valence-corrected chi connectivity index (χ3v) is 4.62. The summed E-state index contributed by atoms with van der Waals surface area (Å²) < 4.78 is 32.5. The van der Waals surface area contributed by atoms with Gasteiger partial charge in [0.15, 0.2) is 6.20 Å². The summed E-state index contributed by atoms with van der Waals surface area (Å²) in [7, 11) is -3.86. The number of aromatic nitrogens is 1. The van der Waals surface area contributed by atoms with Crippen molar-refractivity contribution >= 4 is 31.8 Å².